The molecule has 7 nitrogen and oxygen atoms in total. The van der Waals surface area contributed by atoms with Gasteiger partial charge in [-0.1, -0.05) is 30.3 Å². The summed E-state index contributed by atoms with van der Waals surface area (Å²) in [6.07, 6.45) is 0.432. The molecule has 1 aliphatic heterocycles. The molecule has 0 spiro atoms. The number of benzene rings is 2. The zero-order chi connectivity index (χ0) is 18.7. The van der Waals surface area contributed by atoms with E-state index in [1.54, 1.807) is 48.5 Å². The first-order valence-corrected chi connectivity index (χ1v) is 7.87. The van der Waals surface area contributed by atoms with Gasteiger partial charge in [0.2, 0.25) is 0 Å². The van der Waals surface area contributed by atoms with Gasteiger partial charge >= 0.3 is 5.97 Å². The summed E-state index contributed by atoms with van der Waals surface area (Å²) in [6.45, 7) is 1.42. The molecule has 2 N–H and O–H groups in total. The molecule has 0 unspecified atom stereocenters. The number of nitrogens with one attached hydrogen (secondary N) is 1. The van der Waals surface area contributed by atoms with Crippen molar-refractivity contribution < 1.29 is 24.2 Å². The van der Waals surface area contributed by atoms with E-state index in [0.29, 0.717) is 17.0 Å². The summed E-state index contributed by atoms with van der Waals surface area (Å²) in [6, 6.07) is 15.3. The van der Waals surface area contributed by atoms with Crippen LogP contribution in [0.5, 0.6) is 5.75 Å². The minimum Gasteiger partial charge on any atom is -0.479 e. The molecule has 0 bridgehead atoms. The van der Waals surface area contributed by atoms with Crippen molar-refractivity contribution in [3.05, 3.63) is 65.7 Å². The molecule has 1 fully saturated rings. The van der Waals surface area contributed by atoms with Crippen molar-refractivity contribution in [1.82, 2.24) is 5.43 Å². The molecule has 132 valence electrons. The summed E-state index contributed by atoms with van der Waals surface area (Å²) in [4.78, 5) is 35.6. The number of aliphatic carboxylic acids is 1. The summed E-state index contributed by atoms with van der Waals surface area (Å²) in [5.74, 6) is -1.73. The van der Waals surface area contributed by atoms with E-state index in [0.717, 1.165) is 0 Å². The normalized spacial score (nSPS) is 16.5. The highest BCUT2D eigenvalue weighted by Crippen LogP contribution is 2.22. The van der Waals surface area contributed by atoms with Crippen LogP contribution in [0, 0.1) is 0 Å². The van der Waals surface area contributed by atoms with Gasteiger partial charge in [0, 0.05) is 0 Å². The van der Waals surface area contributed by atoms with Crippen LogP contribution in [0.3, 0.4) is 0 Å². The zero-order valence-electron chi connectivity index (χ0n) is 13.9. The minimum atomic E-state index is -1.09. The SMILES string of the molecule is C[C@@H](Oc1cccc(/C=C2/C(=O)NN(c3ccccc3)C2=O)c1)C(=O)O. The molecule has 1 atom stereocenters. The van der Waals surface area contributed by atoms with E-state index in [1.165, 1.54) is 18.0 Å². The lowest BCUT2D eigenvalue weighted by Crippen LogP contribution is -2.35. The Bertz CT molecular complexity index is 892. The molecule has 2 aromatic carbocycles. The second kappa shape index (κ2) is 7.10. The number of ether oxygens (including phenoxy) is 1. The van der Waals surface area contributed by atoms with E-state index in [2.05, 4.69) is 5.43 Å². The number of anilines is 1. The lowest BCUT2D eigenvalue weighted by Gasteiger charge is -2.13. The average molecular weight is 352 g/mol. The number of nitrogens with zero attached hydrogens (tertiary/aromatic N) is 1. The minimum absolute atomic E-state index is 0.0164. The fraction of sp³-hybridized carbons (Fsp3) is 0.105. The molecule has 7 heteroatoms. The fourth-order valence-electron chi connectivity index (χ4n) is 2.42. The van der Waals surface area contributed by atoms with Gasteiger partial charge in [0.15, 0.2) is 6.10 Å². The first kappa shape index (κ1) is 17.2. The van der Waals surface area contributed by atoms with Crippen molar-refractivity contribution in [3.8, 4) is 5.75 Å². The van der Waals surface area contributed by atoms with Gasteiger partial charge in [0.1, 0.15) is 11.3 Å². The number of rotatable bonds is 5. The standard InChI is InChI=1S/C19H16N2O5/c1-12(19(24)25)26-15-9-5-6-13(10-15)11-16-17(22)20-21(18(16)23)14-7-3-2-4-8-14/h2-12H,1H3,(H,20,22)(H,24,25)/b16-11-/t12-/m1/s1. The van der Waals surface area contributed by atoms with Gasteiger partial charge in [-0.3, -0.25) is 15.0 Å². The first-order valence-electron chi connectivity index (χ1n) is 7.87. The molecule has 1 heterocycles. The molecular formula is C19H16N2O5. The van der Waals surface area contributed by atoms with E-state index < -0.39 is 23.9 Å². The number of para-hydroxylation sites is 1. The Morgan fingerprint density at radius 1 is 1.15 bits per heavy atom. The maximum absolute atomic E-state index is 12.5. The van der Waals surface area contributed by atoms with Crippen molar-refractivity contribution >= 4 is 29.5 Å². The Morgan fingerprint density at radius 3 is 2.58 bits per heavy atom. The van der Waals surface area contributed by atoms with Crippen LogP contribution in [0.1, 0.15) is 12.5 Å². The van der Waals surface area contributed by atoms with E-state index in [9.17, 15) is 14.4 Å². The highest BCUT2D eigenvalue weighted by molar-refractivity contribution is 6.31. The lowest BCUT2D eigenvalue weighted by molar-refractivity contribution is -0.144. The third-order valence-electron chi connectivity index (χ3n) is 3.74. The number of carboxylic acid groups (broad SMARTS) is 1. The van der Waals surface area contributed by atoms with Gasteiger partial charge in [0.05, 0.1) is 5.69 Å². The first-order chi connectivity index (χ1) is 12.5. The van der Waals surface area contributed by atoms with Crippen LogP contribution in [-0.4, -0.2) is 29.0 Å². The number of hydrogen-bond donors (Lipinski definition) is 2. The molecule has 0 aliphatic carbocycles. The van der Waals surface area contributed by atoms with Crippen molar-refractivity contribution in [2.75, 3.05) is 5.01 Å². The van der Waals surface area contributed by atoms with Gasteiger partial charge in [-0.2, -0.15) is 0 Å². The number of carbonyl (C=O) groups is 3. The number of carboxylic acids is 1. The molecule has 26 heavy (non-hydrogen) atoms. The van der Waals surface area contributed by atoms with Crippen LogP contribution in [0.4, 0.5) is 5.69 Å². The summed E-state index contributed by atoms with van der Waals surface area (Å²) < 4.78 is 5.30. The predicted molar refractivity (Wildman–Crippen MR) is 94.2 cm³/mol. The van der Waals surface area contributed by atoms with Crippen LogP contribution in [-0.2, 0) is 14.4 Å². The molecule has 0 aromatic heterocycles. The van der Waals surface area contributed by atoms with Crippen LogP contribution in [0.25, 0.3) is 6.08 Å². The maximum Gasteiger partial charge on any atom is 0.344 e. The van der Waals surface area contributed by atoms with Crippen molar-refractivity contribution in [2.45, 2.75) is 13.0 Å². The van der Waals surface area contributed by atoms with E-state index >= 15 is 0 Å². The molecule has 0 radical (unpaired) electrons. The quantitative estimate of drug-likeness (QED) is 0.634. The summed E-state index contributed by atoms with van der Waals surface area (Å²) in [5.41, 5.74) is 3.61. The molecular weight excluding hydrogens is 336 g/mol. The summed E-state index contributed by atoms with van der Waals surface area (Å²) >= 11 is 0. The summed E-state index contributed by atoms with van der Waals surface area (Å²) in [5, 5.41) is 10.1. The second-order valence-electron chi connectivity index (χ2n) is 5.65. The highest BCUT2D eigenvalue weighted by Gasteiger charge is 2.34. The third kappa shape index (κ3) is 3.56. The van der Waals surface area contributed by atoms with Gasteiger partial charge < -0.3 is 9.84 Å². The monoisotopic (exact) mass is 352 g/mol. The van der Waals surface area contributed by atoms with Crippen LogP contribution >= 0.6 is 0 Å². The van der Waals surface area contributed by atoms with Gasteiger partial charge in [-0.15, -0.1) is 0 Å². The number of hydrazine groups is 1. The van der Waals surface area contributed by atoms with E-state index in [1.807, 2.05) is 6.07 Å². The Labute approximate surface area is 149 Å². The molecule has 2 amide bonds. The highest BCUT2D eigenvalue weighted by atomic mass is 16.5. The number of hydrogen-bond acceptors (Lipinski definition) is 4. The Morgan fingerprint density at radius 2 is 1.88 bits per heavy atom. The van der Waals surface area contributed by atoms with Crippen molar-refractivity contribution in [1.29, 1.82) is 0 Å². The van der Waals surface area contributed by atoms with Gasteiger partial charge in [0.25, 0.3) is 11.8 Å². The van der Waals surface area contributed by atoms with E-state index in [-0.39, 0.29) is 5.57 Å². The molecule has 3 rings (SSSR count). The molecule has 1 saturated heterocycles. The zero-order valence-corrected chi connectivity index (χ0v) is 13.9. The maximum atomic E-state index is 12.5. The van der Waals surface area contributed by atoms with E-state index in [4.69, 9.17) is 9.84 Å². The smallest absolute Gasteiger partial charge is 0.344 e. The molecule has 1 aliphatic rings. The average Bonchev–Trinajstić information content (AvgIpc) is 2.91. The lowest BCUT2D eigenvalue weighted by atomic mass is 10.1. The third-order valence-corrected chi connectivity index (χ3v) is 3.74. The molecule has 0 saturated carbocycles. The Kier molecular flexibility index (Phi) is 4.70. The van der Waals surface area contributed by atoms with Gasteiger partial charge in [-0.25, -0.2) is 9.80 Å². The number of carbonyl (C=O) groups excluding carboxylic acids is 2. The van der Waals surface area contributed by atoms with Gasteiger partial charge in [-0.05, 0) is 42.8 Å². The number of amides is 2. The van der Waals surface area contributed by atoms with Crippen LogP contribution < -0.4 is 15.2 Å². The van der Waals surface area contributed by atoms with Crippen LogP contribution in [0.2, 0.25) is 0 Å². The Balaban J connectivity index is 1.85. The molecule has 2 aromatic rings. The second-order valence-corrected chi connectivity index (χ2v) is 5.65. The van der Waals surface area contributed by atoms with Crippen molar-refractivity contribution in [3.63, 3.8) is 0 Å². The van der Waals surface area contributed by atoms with Crippen LogP contribution in [0.15, 0.2) is 60.2 Å². The Hall–Kier alpha value is -3.61. The fourth-order valence-corrected chi connectivity index (χ4v) is 2.42. The largest absolute Gasteiger partial charge is 0.479 e. The van der Waals surface area contributed by atoms with Crippen molar-refractivity contribution in [2.24, 2.45) is 0 Å². The predicted octanol–water partition coefficient (Wildman–Crippen LogP) is 2.00. The summed E-state index contributed by atoms with van der Waals surface area (Å²) in [7, 11) is 0. The topological polar surface area (TPSA) is 95.9 Å².